The van der Waals surface area contributed by atoms with Crippen LogP contribution in [0.2, 0.25) is 0 Å². The minimum atomic E-state index is 0.277. The van der Waals surface area contributed by atoms with E-state index in [4.69, 9.17) is 0 Å². The van der Waals surface area contributed by atoms with Gasteiger partial charge in [-0.1, -0.05) is 23.9 Å². The van der Waals surface area contributed by atoms with Crippen LogP contribution < -0.4 is 0 Å². The van der Waals surface area contributed by atoms with Crippen LogP contribution in [-0.2, 0) is 0 Å². The van der Waals surface area contributed by atoms with Gasteiger partial charge < -0.3 is 5.11 Å². The smallest absolute Gasteiger partial charge is 0.129 e. The lowest BCUT2D eigenvalue weighted by atomic mass is 10.3. The Labute approximate surface area is 92.2 Å². The Morgan fingerprint density at radius 2 is 2.00 bits per heavy atom. The van der Waals surface area contributed by atoms with Crippen molar-refractivity contribution >= 4 is 11.8 Å². The molecule has 0 fully saturated rings. The molecule has 4 heteroatoms. The summed E-state index contributed by atoms with van der Waals surface area (Å²) in [6.45, 7) is 1.84. The molecule has 15 heavy (non-hydrogen) atoms. The van der Waals surface area contributed by atoms with E-state index >= 15 is 0 Å². The van der Waals surface area contributed by atoms with Gasteiger partial charge in [0.1, 0.15) is 16.6 Å². The average molecular weight is 218 g/mol. The highest BCUT2D eigenvalue weighted by Gasteiger charge is 2.03. The van der Waals surface area contributed by atoms with Gasteiger partial charge in [-0.25, -0.2) is 9.97 Å². The fourth-order valence-electron chi connectivity index (χ4n) is 1.15. The Bertz CT molecular complexity index is 474. The summed E-state index contributed by atoms with van der Waals surface area (Å²) in [5.41, 5.74) is 0. The van der Waals surface area contributed by atoms with Gasteiger partial charge in [0.2, 0.25) is 0 Å². The van der Waals surface area contributed by atoms with Crippen molar-refractivity contribution in [2.45, 2.75) is 16.8 Å². The quantitative estimate of drug-likeness (QED) is 0.787. The van der Waals surface area contributed by atoms with Crippen molar-refractivity contribution in [3.63, 3.8) is 0 Å². The van der Waals surface area contributed by atoms with Crippen molar-refractivity contribution in [3.8, 4) is 5.75 Å². The van der Waals surface area contributed by atoms with Crippen LogP contribution in [0.25, 0.3) is 0 Å². The fourth-order valence-corrected chi connectivity index (χ4v) is 2.00. The molecule has 0 bridgehead atoms. The van der Waals surface area contributed by atoms with E-state index < -0.39 is 0 Å². The number of benzene rings is 1. The van der Waals surface area contributed by atoms with Crippen LogP contribution in [0.5, 0.6) is 5.75 Å². The molecule has 0 aliphatic rings. The van der Waals surface area contributed by atoms with Crippen LogP contribution >= 0.6 is 11.8 Å². The third-order valence-electron chi connectivity index (χ3n) is 1.83. The predicted octanol–water partition coefficient (Wildman–Crippen LogP) is 2.64. The summed E-state index contributed by atoms with van der Waals surface area (Å²) in [4.78, 5) is 9.07. The molecule has 0 amide bonds. The Morgan fingerprint density at radius 1 is 1.20 bits per heavy atom. The summed E-state index contributed by atoms with van der Waals surface area (Å²) in [6.07, 6.45) is 1.71. The van der Waals surface area contributed by atoms with Crippen molar-refractivity contribution in [1.82, 2.24) is 9.97 Å². The lowest BCUT2D eigenvalue weighted by Crippen LogP contribution is -1.87. The zero-order valence-corrected chi connectivity index (χ0v) is 9.03. The number of aryl methyl sites for hydroxylation is 1. The van der Waals surface area contributed by atoms with Gasteiger partial charge in [-0.3, -0.25) is 0 Å². The molecule has 0 aliphatic heterocycles. The SMILES string of the molecule is Cc1nccc(Sc2ccccc2O)n1. The molecule has 2 aromatic rings. The highest BCUT2D eigenvalue weighted by atomic mass is 32.2. The van der Waals surface area contributed by atoms with E-state index in [0.29, 0.717) is 0 Å². The summed E-state index contributed by atoms with van der Waals surface area (Å²) in [6, 6.07) is 9.03. The molecule has 1 aromatic carbocycles. The van der Waals surface area contributed by atoms with Crippen LogP contribution in [0, 0.1) is 6.92 Å². The Balaban J connectivity index is 2.26. The number of hydrogen-bond acceptors (Lipinski definition) is 4. The molecule has 0 atom stereocenters. The average Bonchev–Trinajstić information content (AvgIpc) is 2.22. The molecule has 0 unspecified atom stereocenters. The summed E-state index contributed by atoms with van der Waals surface area (Å²) >= 11 is 1.43. The molecule has 0 saturated carbocycles. The molecule has 0 spiro atoms. The minimum Gasteiger partial charge on any atom is -0.507 e. The van der Waals surface area contributed by atoms with Gasteiger partial charge in [0.25, 0.3) is 0 Å². The number of aromatic nitrogens is 2. The molecule has 0 saturated heterocycles. The lowest BCUT2D eigenvalue weighted by Gasteiger charge is -2.03. The van der Waals surface area contributed by atoms with Gasteiger partial charge in [0, 0.05) is 6.20 Å². The third-order valence-corrected chi connectivity index (χ3v) is 2.83. The first-order valence-corrected chi connectivity index (χ1v) is 5.33. The van der Waals surface area contributed by atoms with Crippen molar-refractivity contribution in [2.75, 3.05) is 0 Å². The van der Waals surface area contributed by atoms with Crippen molar-refractivity contribution in [1.29, 1.82) is 0 Å². The summed E-state index contributed by atoms with van der Waals surface area (Å²) in [5.74, 6) is 1.01. The molecule has 1 aromatic heterocycles. The van der Waals surface area contributed by atoms with E-state index in [9.17, 15) is 5.11 Å². The molecular formula is C11H10N2OS. The van der Waals surface area contributed by atoms with Gasteiger partial charge in [-0.15, -0.1) is 0 Å². The first-order chi connectivity index (χ1) is 7.25. The van der Waals surface area contributed by atoms with Crippen molar-refractivity contribution in [3.05, 3.63) is 42.4 Å². The predicted molar refractivity (Wildman–Crippen MR) is 59.0 cm³/mol. The highest BCUT2D eigenvalue weighted by Crippen LogP contribution is 2.32. The molecule has 76 valence electrons. The van der Waals surface area contributed by atoms with Gasteiger partial charge in [-0.05, 0) is 25.1 Å². The Kier molecular flexibility index (Phi) is 2.87. The first-order valence-electron chi connectivity index (χ1n) is 4.51. The first kappa shape index (κ1) is 9.98. The molecule has 3 nitrogen and oxygen atoms in total. The van der Waals surface area contributed by atoms with E-state index in [-0.39, 0.29) is 5.75 Å². The monoisotopic (exact) mass is 218 g/mol. The van der Waals surface area contributed by atoms with E-state index in [0.717, 1.165) is 15.7 Å². The molecule has 0 aliphatic carbocycles. The molecule has 1 heterocycles. The van der Waals surface area contributed by atoms with Gasteiger partial charge in [0.05, 0.1) is 4.90 Å². The lowest BCUT2D eigenvalue weighted by molar-refractivity contribution is 0.462. The van der Waals surface area contributed by atoms with Crippen LogP contribution in [0.1, 0.15) is 5.82 Å². The minimum absolute atomic E-state index is 0.277. The van der Waals surface area contributed by atoms with E-state index in [1.54, 1.807) is 18.3 Å². The van der Waals surface area contributed by atoms with Crippen LogP contribution in [0.4, 0.5) is 0 Å². The standard InChI is InChI=1S/C11H10N2OS/c1-8-12-7-6-11(13-8)15-10-5-3-2-4-9(10)14/h2-7,14H,1H3. The van der Waals surface area contributed by atoms with Crippen molar-refractivity contribution in [2.24, 2.45) is 0 Å². The normalized spacial score (nSPS) is 10.2. The van der Waals surface area contributed by atoms with E-state index in [1.165, 1.54) is 11.8 Å². The summed E-state index contributed by atoms with van der Waals surface area (Å²) in [5, 5.41) is 10.4. The van der Waals surface area contributed by atoms with Crippen LogP contribution in [0.15, 0.2) is 46.5 Å². The Hall–Kier alpha value is -1.55. The third kappa shape index (κ3) is 2.47. The van der Waals surface area contributed by atoms with Gasteiger partial charge >= 0.3 is 0 Å². The van der Waals surface area contributed by atoms with E-state index in [1.807, 2.05) is 25.1 Å². The highest BCUT2D eigenvalue weighted by molar-refractivity contribution is 7.99. The second kappa shape index (κ2) is 4.31. The second-order valence-corrected chi connectivity index (χ2v) is 4.07. The molecular weight excluding hydrogens is 208 g/mol. The van der Waals surface area contributed by atoms with Crippen molar-refractivity contribution < 1.29 is 5.11 Å². The molecule has 1 N–H and O–H groups in total. The maximum atomic E-state index is 9.58. The summed E-state index contributed by atoms with van der Waals surface area (Å²) in [7, 11) is 0. The maximum Gasteiger partial charge on any atom is 0.129 e. The number of hydrogen-bond donors (Lipinski definition) is 1. The number of phenols is 1. The molecule has 2 rings (SSSR count). The number of aromatic hydroxyl groups is 1. The zero-order valence-electron chi connectivity index (χ0n) is 8.21. The number of phenolic OH excluding ortho intramolecular Hbond substituents is 1. The van der Waals surface area contributed by atoms with Crippen LogP contribution in [0.3, 0.4) is 0 Å². The number of nitrogens with zero attached hydrogens (tertiary/aromatic N) is 2. The largest absolute Gasteiger partial charge is 0.507 e. The Morgan fingerprint density at radius 3 is 2.73 bits per heavy atom. The topological polar surface area (TPSA) is 46.0 Å². The van der Waals surface area contributed by atoms with E-state index in [2.05, 4.69) is 9.97 Å². The van der Waals surface area contributed by atoms with Crippen LogP contribution in [-0.4, -0.2) is 15.1 Å². The molecule has 0 radical (unpaired) electrons. The summed E-state index contributed by atoms with van der Waals surface area (Å²) < 4.78 is 0. The second-order valence-electron chi connectivity index (χ2n) is 3.01. The maximum absolute atomic E-state index is 9.58. The number of para-hydroxylation sites is 1. The fraction of sp³-hybridized carbons (Fsp3) is 0.0909. The van der Waals surface area contributed by atoms with Gasteiger partial charge in [-0.2, -0.15) is 0 Å². The number of rotatable bonds is 2. The van der Waals surface area contributed by atoms with Gasteiger partial charge in [0.15, 0.2) is 0 Å². The zero-order chi connectivity index (χ0) is 10.7.